The molecule has 0 amide bonds. The van der Waals surface area contributed by atoms with Gasteiger partial charge in [0.15, 0.2) is 0 Å². The van der Waals surface area contributed by atoms with E-state index in [9.17, 15) is 0 Å². The van der Waals surface area contributed by atoms with Gasteiger partial charge >= 0.3 is 0 Å². The molecule has 0 aliphatic heterocycles. The van der Waals surface area contributed by atoms with Crippen LogP contribution in [0.2, 0.25) is 0 Å². The van der Waals surface area contributed by atoms with Gasteiger partial charge in [0, 0.05) is 18.5 Å². The Hall–Kier alpha value is -1.78. The maximum absolute atomic E-state index is 4.38. The minimum atomic E-state index is 0.947. The molecule has 1 N–H and O–H groups in total. The molecule has 0 radical (unpaired) electrons. The number of rotatable bonds is 6. The number of nitrogens with one attached hydrogen (secondary N) is 1. The molecule has 3 aromatic rings. The maximum atomic E-state index is 4.38. The number of fused-ring (bicyclic) bond motifs is 1. The van der Waals surface area contributed by atoms with Gasteiger partial charge in [0.05, 0.1) is 0 Å². The Morgan fingerprint density at radius 1 is 1.00 bits per heavy atom. The predicted octanol–water partition coefficient (Wildman–Crippen LogP) is 3.90. The zero-order valence-corrected chi connectivity index (χ0v) is 13.0. The summed E-state index contributed by atoms with van der Waals surface area (Å²) in [5.41, 5.74) is 1.18. The first-order valence-corrected chi connectivity index (χ1v) is 8.21. The van der Waals surface area contributed by atoms with Gasteiger partial charge in [0.2, 0.25) is 0 Å². The first-order chi connectivity index (χ1) is 10.4. The Kier molecular flexibility index (Phi) is 4.58. The molecule has 1 heterocycles. The van der Waals surface area contributed by atoms with E-state index in [4.69, 9.17) is 0 Å². The summed E-state index contributed by atoms with van der Waals surface area (Å²) in [6.45, 7) is 4.21. The lowest BCUT2D eigenvalue weighted by Crippen LogP contribution is -2.17. The molecule has 21 heavy (non-hydrogen) atoms. The van der Waals surface area contributed by atoms with Gasteiger partial charge in [-0.3, -0.25) is 0 Å². The van der Waals surface area contributed by atoms with Crippen LogP contribution in [0.1, 0.15) is 18.4 Å². The highest BCUT2D eigenvalue weighted by Crippen LogP contribution is 2.30. The van der Waals surface area contributed by atoms with E-state index in [0.29, 0.717) is 0 Å². The second-order valence-corrected chi connectivity index (χ2v) is 6.09. The summed E-state index contributed by atoms with van der Waals surface area (Å²) in [4.78, 5) is 0. The molecule has 1 aromatic heterocycles. The van der Waals surface area contributed by atoms with Gasteiger partial charge in [0.25, 0.3) is 0 Å². The quantitative estimate of drug-likeness (QED) is 0.701. The maximum Gasteiger partial charge on any atom is 0.148 e. The largest absolute Gasteiger partial charge is 0.316 e. The van der Waals surface area contributed by atoms with Crippen molar-refractivity contribution in [2.24, 2.45) is 0 Å². The summed E-state index contributed by atoms with van der Waals surface area (Å²) in [5.74, 6) is 0. The van der Waals surface area contributed by atoms with E-state index in [2.05, 4.69) is 64.9 Å². The molecule has 3 nitrogen and oxygen atoms in total. The lowest BCUT2D eigenvalue weighted by Gasteiger charge is -2.02. The van der Waals surface area contributed by atoms with E-state index < -0.39 is 0 Å². The third-order valence-electron chi connectivity index (χ3n) is 3.43. The van der Waals surface area contributed by atoms with Gasteiger partial charge in [-0.25, -0.2) is 0 Å². The van der Waals surface area contributed by atoms with Gasteiger partial charge in [-0.15, -0.1) is 10.2 Å². The number of hydrogen-bond acceptors (Lipinski definition) is 4. The van der Waals surface area contributed by atoms with E-state index in [-0.39, 0.29) is 0 Å². The van der Waals surface area contributed by atoms with E-state index in [1.54, 1.807) is 11.3 Å². The average molecular weight is 297 g/mol. The molecule has 0 aliphatic rings. The third-order valence-corrected chi connectivity index (χ3v) is 4.45. The standard InChI is InChI=1S/C17H19N3S/c1-2-11-18-12-10-16-19-20-17(21-16)15-9-5-7-13-6-3-4-8-14(13)15/h3-9,18H,2,10-12H2,1H3. The van der Waals surface area contributed by atoms with Crippen LogP contribution in [0.5, 0.6) is 0 Å². The Bertz CT molecular complexity index is 715. The molecular formula is C17H19N3S. The molecule has 0 fully saturated rings. The predicted molar refractivity (Wildman–Crippen MR) is 89.7 cm³/mol. The van der Waals surface area contributed by atoms with Crippen LogP contribution in [-0.4, -0.2) is 23.3 Å². The SMILES string of the molecule is CCCNCCc1nnc(-c2cccc3ccccc23)s1. The van der Waals surface area contributed by atoms with Crippen LogP contribution in [0.15, 0.2) is 42.5 Å². The highest BCUT2D eigenvalue weighted by Gasteiger charge is 2.09. The number of hydrogen-bond donors (Lipinski definition) is 1. The topological polar surface area (TPSA) is 37.8 Å². The summed E-state index contributed by atoms with van der Waals surface area (Å²) in [6.07, 6.45) is 2.11. The van der Waals surface area contributed by atoms with Gasteiger partial charge in [-0.1, -0.05) is 60.7 Å². The molecule has 2 aromatic carbocycles. The van der Waals surface area contributed by atoms with Crippen LogP contribution in [0, 0.1) is 0 Å². The minimum Gasteiger partial charge on any atom is -0.316 e. The Morgan fingerprint density at radius 2 is 1.86 bits per heavy atom. The molecule has 0 atom stereocenters. The zero-order valence-electron chi connectivity index (χ0n) is 12.2. The van der Waals surface area contributed by atoms with Crippen LogP contribution in [0.25, 0.3) is 21.3 Å². The van der Waals surface area contributed by atoms with Crippen molar-refractivity contribution >= 4 is 22.1 Å². The zero-order chi connectivity index (χ0) is 14.5. The van der Waals surface area contributed by atoms with Gasteiger partial charge < -0.3 is 5.32 Å². The normalized spacial score (nSPS) is 11.1. The molecule has 0 aliphatic carbocycles. The van der Waals surface area contributed by atoms with Crippen LogP contribution >= 0.6 is 11.3 Å². The van der Waals surface area contributed by atoms with Crippen molar-refractivity contribution in [2.75, 3.05) is 13.1 Å². The monoisotopic (exact) mass is 297 g/mol. The van der Waals surface area contributed by atoms with Crippen molar-refractivity contribution in [3.8, 4) is 10.6 Å². The van der Waals surface area contributed by atoms with Gasteiger partial charge in [0.1, 0.15) is 10.0 Å². The summed E-state index contributed by atoms with van der Waals surface area (Å²) < 4.78 is 0. The second kappa shape index (κ2) is 6.78. The van der Waals surface area contributed by atoms with E-state index in [1.165, 1.54) is 16.3 Å². The molecular weight excluding hydrogens is 278 g/mol. The number of aromatic nitrogens is 2. The molecule has 0 saturated heterocycles. The van der Waals surface area contributed by atoms with Crippen LogP contribution < -0.4 is 5.32 Å². The van der Waals surface area contributed by atoms with Crippen molar-refractivity contribution in [1.82, 2.24) is 15.5 Å². The van der Waals surface area contributed by atoms with Crippen molar-refractivity contribution in [3.63, 3.8) is 0 Å². The van der Waals surface area contributed by atoms with Crippen molar-refractivity contribution in [3.05, 3.63) is 47.5 Å². The van der Waals surface area contributed by atoms with E-state index >= 15 is 0 Å². The van der Waals surface area contributed by atoms with Crippen molar-refractivity contribution < 1.29 is 0 Å². The molecule has 4 heteroatoms. The number of nitrogens with zero attached hydrogens (tertiary/aromatic N) is 2. The number of benzene rings is 2. The summed E-state index contributed by atoms with van der Waals surface area (Å²) >= 11 is 1.70. The lowest BCUT2D eigenvalue weighted by atomic mass is 10.1. The first kappa shape index (κ1) is 14.2. The summed E-state index contributed by atoms with van der Waals surface area (Å²) in [7, 11) is 0. The van der Waals surface area contributed by atoms with Crippen LogP contribution in [0.4, 0.5) is 0 Å². The molecule has 0 bridgehead atoms. The molecule has 0 saturated carbocycles. The van der Waals surface area contributed by atoms with Gasteiger partial charge in [-0.2, -0.15) is 0 Å². The third kappa shape index (κ3) is 3.28. The average Bonchev–Trinajstić information content (AvgIpc) is 3.00. The summed E-state index contributed by atoms with van der Waals surface area (Å²) in [5, 5.41) is 16.7. The van der Waals surface area contributed by atoms with Crippen LogP contribution in [-0.2, 0) is 6.42 Å². The van der Waals surface area contributed by atoms with Crippen molar-refractivity contribution in [1.29, 1.82) is 0 Å². The van der Waals surface area contributed by atoms with E-state index in [0.717, 1.165) is 35.9 Å². The molecule has 108 valence electrons. The Balaban J connectivity index is 1.81. The second-order valence-electron chi connectivity index (χ2n) is 5.03. The smallest absolute Gasteiger partial charge is 0.148 e. The lowest BCUT2D eigenvalue weighted by molar-refractivity contribution is 0.668. The Morgan fingerprint density at radius 3 is 2.76 bits per heavy atom. The van der Waals surface area contributed by atoms with E-state index in [1.807, 2.05) is 0 Å². The van der Waals surface area contributed by atoms with Crippen LogP contribution in [0.3, 0.4) is 0 Å². The highest BCUT2D eigenvalue weighted by atomic mass is 32.1. The fraction of sp³-hybridized carbons (Fsp3) is 0.294. The summed E-state index contributed by atoms with van der Waals surface area (Å²) in [6, 6.07) is 14.8. The molecule has 0 unspecified atom stereocenters. The fourth-order valence-corrected chi connectivity index (χ4v) is 3.25. The van der Waals surface area contributed by atoms with Crippen molar-refractivity contribution in [2.45, 2.75) is 19.8 Å². The Labute approximate surface area is 129 Å². The first-order valence-electron chi connectivity index (χ1n) is 7.39. The molecule has 3 rings (SSSR count). The fourth-order valence-electron chi connectivity index (χ4n) is 2.37. The molecule has 0 spiro atoms. The highest BCUT2D eigenvalue weighted by molar-refractivity contribution is 7.14. The van der Waals surface area contributed by atoms with Gasteiger partial charge in [-0.05, 0) is 23.7 Å². The minimum absolute atomic E-state index is 0.947.